The van der Waals surface area contributed by atoms with E-state index < -0.39 is 5.60 Å². The minimum absolute atomic E-state index is 0.489. The maximum Gasteiger partial charge on any atom is 0.0924 e. The van der Waals surface area contributed by atoms with Gasteiger partial charge in [-0.05, 0) is 26.0 Å². The van der Waals surface area contributed by atoms with Crippen molar-refractivity contribution in [2.75, 3.05) is 13.6 Å². The number of likely N-dealkylation sites (N-methyl/N-ethyl adjacent to an activating group) is 1. The molecule has 1 saturated carbocycles. The zero-order chi connectivity index (χ0) is 14.7. The molecule has 21 heavy (non-hydrogen) atoms. The Labute approximate surface area is 125 Å². The molecular weight excluding hydrogens is 262 g/mol. The first-order valence-corrected chi connectivity index (χ1v) is 7.65. The second-order valence-corrected chi connectivity index (χ2v) is 6.25. The third kappa shape index (κ3) is 3.52. The molecule has 0 saturated heterocycles. The van der Waals surface area contributed by atoms with Crippen molar-refractivity contribution in [3.05, 3.63) is 42.1 Å². The van der Waals surface area contributed by atoms with Crippen LogP contribution in [-0.4, -0.2) is 39.4 Å². The number of aromatic amines is 1. The van der Waals surface area contributed by atoms with E-state index >= 15 is 0 Å². The molecule has 1 aromatic heterocycles. The molecule has 3 rings (SSSR count). The van der Waals surface area contributed by atoms with E-state index in [2.05, 4.69) is 40.3 Å². The highest BCUT2D eigenvalue weighted by Crippen LogP contribution is 2.30. The molecule has 0 bridgehead atoms. The van der Waals surface area contributed by atoms with Crippen LogP contribution >= 0.6 is 0 Å². The largest absolute Gasteiger partial charge is 0.389 e. The minimum Gasteiger partial charge on any atom is -0.389 e. The molecule has 112 valence electrons. The second-order valence-electron chi connectivity index (χ2n) is 6.25. The number of aromatic nitrogens is 2. The summed E-state index contributed by atoms with van der Waals surface area (Å²) >= 11 is 0. The van der Waals surface area contributed by atoms with Crippen LogP contribution in [0.4, 0.5) is 0 Å². The summed E-state index contributed by atoms with van der Waals surface area (Å²) in [5.74, 6) is 0. The average Bonchev–Trinajstić information content (AvgIpc) is 3.09. The Morgan fingerprint density at radius 3 is 2.67 bits per heavy atom. The SMILES string of the molecule is CN(Cc1cc(-c2ccccc2)n[nH]1)CC1(O)CCCC1. The molecule has 1 heterocycles. The van der Waals surface area contributed by atoms with Crippen molar-refractivity contribution in [2.24, 2.45) is 0 Å². The summed E-state index contributed by atoms with van der Waals surface area (Å²) in [5, 5.41) is 17.9. The van der Waals surface area contributed by atoms with Crippen molar-refractivity contribution in [1.82, 2.24) is 15.1 Å². The molecule has 4 heteroatoms. The fraction of sp³-hybridized carbons (Fsp3) is 0.471. The summed E-state index contributed by atoms with van der Waals surface area (Å²) in [6.45, 7) is 1.51. The van der Waals surface area contributed by atoms with E-state index in [1.165, 1.54) is 0 Å². The zero-order valence-electron chi connectivity index (χ0n) is 12.5. The Balaban J connectivity index is 1.62. The summed E-state index contributed by atoms with van der Waals surface area (Å²) in [6.07, 6.45) is 4.14. The van der Waals surface area contributed by atoms with Gasteiger partial charge in [-0.3, -0.25) is 10.00 Å². The van der Waals surface area contributed by atoms with Crippen molar-refractivity contribution >= 4 is 0 Å². The van der Waals surface area contributed by atoms with Gasteiger partial charge >= 0.3 is 0 Å². The Morgan fingerprint density at radius 1 is 1.24 bits per heavy atom. The molecule has 0 atom stereocenters. The van der Waals surface area contributed by atoms with Crippen molar-refractivity contribution in [3.63, 3.8) is 0 Å². The smallest absolute Gasteiger partial charge is 0.0924 e. The number of aliphatic hydroxyl groups is 1. The Kier molecular flexibility index (Phi) is 4.08. The summed E-state index contributed by atoms with van der Waals surface area (Å²) in [6, 6.07) is 12.3. The van der Waals surface area contributed by atoms with Gasteiger partial charge in [-0.1, -0.05) is 43.2 Å². The van der Waals surface area contributed by atoms with Crippen LogP contribution in [-0.2, 0) is 6.54 Å². The fourth-order valence-electron chi connectivity index (χ4n) is 3.24. The van der Waals surface area contributed by atoms with Crippen molar-refractivity contribution in [3.8, 4) is 11.3 Å². The molecule has 2 aromatic rings. The number of rotatable bonds is 5. The van der Waals surface area contributed by atoms with Gasteiger partial charge in [-0.25, -0.2) is 0 Å². The summed E-state index contributed by atoms with van der Waals surface area (Å²) in [5.41, 5.74) is 2.69. The number of hydrogen-bond acceptors (Lipinski definition) is 3. The Hall–Kier alpha value is -1.65. The first-order chi connectivity index (χ1) is 10.1. The fourth-order valence-corrected chi connectivity index (χ4v) is 3.24. The van der Waals surface area contributed by atoms with Crippen LogP contribution in [0.5, 0.6) is 0 Å². The third-order valence-electron chi connectivity index (χ3n) is 4.24. The van der Waals surface area contributed by atoms with Gasteiger partial charge in [0.25, 0.3) is 0 Å². The van der Waals surface area contributed by atoms with Gasteiger partial charge < -0.3 is 5.11 Å². The Bertz CT molecular complexity index is 573. The topological polar surface area (TPSA) is 52.2 Å². The minimum atomic E-state index is -0.489. The van der Waals surface area contributed by atoms with Crippen molar-refractivity contribution < 1.29 is 5.11 Å². The lowest BCUT2D eigenvalue weighted by atomic mass is 10.0. The predicted molar refractivity (Wildman–Crippen MR) is 83.8 cm³/mol. The molecule has 0 aliphatic heterocycles. The Morgan fingerprint density at radius 2 is 1.95 bits per heavy atom. The lowest BCUT2D eigenvalue weighted by Crippen LogP contribution is -2.38. The van der Waals surface area contributed by atoms with E-state index in [9.17, 15) is 5.11 Å². The number of H-pyrrole nitrogens is 1. The first kappa shape index (κ1) is 14.3. The number of nitrogens with zero attached hydrogens (tertiary/aromatic N) is 2. The van der Waals surface area contributed by atoms with Gasteiger partial charge in [-0.2, -0.15) is 5.10 Å². The zero-order valence-corrected chi connectivity index (χ0v) is 12.5. The van der Waals surface area contributed by atoms with Crippen LogP contribution in [0.2, 0.25) is 0 Å². The van der Waals surface area contributed by atoms with E-state index in [0.717, 1.165) is 55.7 Å². The van der Waals surface area contributed by atoms with Gasteiger partial charge in [0, 0.05) is 24.3 Å². The van der Waals surface area contributed by atoms with Gasteiger partial charge in [0.2, 0.25) is 0 Å². The molecule has 0 radical (unpaired) electrons. The van der Waals surface area contributed by atoms with E-state index in [-0.39, 0.29) is 0 Å². The molecule has 1 fully saturated rings. The molecule has 0 spiro atoms. The highest BCUT2D eigenvalue weighted by atomic mass is 16.3. The van der Waals surface area contributed by atoms with Crippen LogP contribution in [0, 0.1) is 0 Å². The maximum atomic E-state index is 10.5. The number of hydrogen-bond donors (Lipinski definition) is 2. The molecule has 4 nitrogen and oxygen atoms in total. The van der Waals surface area contributed by atoms with Crippen LogP contribution in [0.3, 0.4) is 0 Å². The number of nitrogens with one attached hydrogen (secondary N) is 1. The van der Waals surface area contributed by atoms with Gasteiger partial charge in [0.15, 0.2) is 0 Å². The summed E-state index contributed by atoms with van der Waals surface area (Å²) < 4.78 is 0. The second kappa shape index (κ2) is 6.00. The summed E-state index contributed by atoms with van der Waals surface area (Å²) in [4.78, 5) is 2.17. The predicted octanol–water partition coefficient (Wildman–Crippen LogP) is 2.81. The molecule has 0 amide bonds. The quantitative estimate of drug-likeness (QED) is 0.888. The maximum absolute atomic E-state index is 10.5. The standard InChI is InChI=1S/C17H23N3O/c1-20(13-17(21)9-5-6-10-17)12-15-11-16(19-18-15)14-7-3-2-4-8-14/h2-4,7-8,11,21H,5-6,9-10,12-13H2,1H3,(H,18,19). The molecule has 0 unspecified atom stereocenters. The van der Waals surface area contributed by atoms with Crippen LogP contribution < -0.4 is 0 Å². The van der Waals surface area contributed by atoms with Gasteiger partial charge in [-0.15, -0.1) is 0 Å². The lowest BCUT2D eigenvalue weighted by Gasteiger charge is -2.28. The molecule has 1 aliphatic carbocycles. The monoisotopic (exact) mass is 285 g/mol. The van der Waals surface area contributed by atoms with Gasteiger partial charge in [0.05, 0.1) is 11.3 Å². The van der Waals surface area contributed by atoms with Crippen LogP contribution in [0.1, 0.15) is 31.4 Å². The van der Waals surface area contributed by atoms with E-state index in [1.54, 1.807) is 0 Å². The van der Waals surface area contributed by atoms with Crippen LogP contribution in [0.25, 0.3) is 11.3 Å². The highest BCUT2D eigenvalue weighted by molar-refractivity contribution is 5.58. The molecule has 1 aliphatic rings. The molecule has 1 aromatic carbocycles. The van der Waals surface area contributed by atoms with E-state index in [1.807, 2.05) is 18.2 Å². The highest BCUT2D eigenvalue weighted by Gasteiger charge is 2.32. The van der Waals surface area contributed by atoms with E-state index in [4.69, 9.17) is 0 Å². The molecule has 2 N–H and O–H groups in total. The number of benzene rings is 1. The van der Waals surface area contributed by atoms with Gasteiger partial charge in [0.1, 0.15) is 0 Å². The summed E-state index contributed by atoms with van der Waals surface area (Å²) in [7, 11) is 2.05. The molecular formula is C17H23N3O. The normalized spacial score (nSPS) is 17.5. The first-order valence-electron chi connectivity index (χ1n) is 7.65. The van der Waals surface area contributed by atoms with Crippen molar-refractivity contribution in [1.29, 1.82) is 0 Å². The van der Waals surface area contributed by atoms with Crippen LogP contribution in [0.15, 0.2) is 36.4 Å². The lowest BCUT2D eigenvalue weighted by molar-refractivity contribution is 0.0143. The average molecular weight is 285 g/mol. The van der Waals surface area contributed by atoms with E-state index in [0.29, 0.717) is 0 Å². The third-order valence-corrected chi connectivity index (χ3v) is 4.24. The van der Waals surface area contributed by atoms with Crippen molar-refractivity contribution in [2.45, 2.75) is 37.8 Å².